The van der Waals surface area contributed by atoms with Crippen LogP contribution in [0.5, 0.6) is 5.75 Å². The summed E-state index contributed by atoms with van der Waals surface area (Å²) in [7, 11) is 0. The summed E-state index contributed by atoms with van der Waals surface area (Å²) in [6.07, 6.45) is 0. The van der Waals surface area contributed by atoms with Crippen molar-refractivity contribution in [2.45, 2.75) is 6.92 Å². The highest BCUT2D eigenvalue weighted by Crippen LogP contribution is 2.27. The van der Waals surface area contributed by atoms with Crippen LogP contribution in [0.15, 0.2) is 22.7 Å². The number of rotatable bonds is 3. The lowest BCUT2D eigenvalue weighted by atomic mass is 10.2. The van der Waals surface area contributed by atoms with Gasteiger partial charge in [0.1, 0.15) is 16.3 Å². The molecule has 6 nitrogen and oxygen atoms in total. The van der Waals surface area contributed by atoms with Crippen molar-refractivity contribution in [2.24, 2.45) is 0 Å². The van der Waals surface area contributed by atoms with Gasteiger partial charge < -0.3 is 15.5 Å². The second kappa shape index (κ2) is 5.59. The van der Waals surface area contributed by atoms with Crippen LogP contribution >= 0.6 is 27.5 Å². The summed E-state index contributed by atoms with van der Waals surface area (Å²) < 4.78 is 4.37. The van der Waals surface area contributed by atoms with Gasteiger partial charge in [0.15, 0.2) is 0 Å². The molecule has 0 aliphatic rings. The number of aromatic carboxylic acids is 1. The molecule has 0 spiro atoms. The van der Waals surface area contributed by atoms with Gasteiger partial charge in [0.05, 0.1) is 10.2 Å². The van der Waals surface area contributed by atoms with Gasteiger partial charge in [-0.2, -0.15) is 4.37 Å². The first kappa shape index (κ1) is 14.5. The zero-order valence-corrected chi connectivity index (χ0v) is 12.6. The molecule has 1 aromatic carbocycles. The molecule has 1 amide bonds. The van der Waals surface area contributed by atoms with Gasteiger partial charge in [-0.05, 0) is 52.6 Å². The number of benzene rings is 1. The summed E-state index contributed by atoms with van der Waals surface area (Å²) in [6, 6.07) is 4.32. The molecular weight excluding hydrogens is 348 g/mol. The van der Waals surface area contributed by atoms with Crippen LogP contribution in [0.4, 0.5) is 5.00 Å². The van der Waals surface area contributed by atoms with Crippen LogP contribution in [0.3, 0.4) is 0 Å². The molecule has 0 bridgehead atoms. The van der Waals surface area contributed by atoms with Gasteiger partial charge in [-0.25, -0.2) is 4.79 Å². The Morgan fingerprint density at radius 3 is 2.70 bits per heavy atom. The quantitative estimate of drug-likeness (QED) is 0.785. The molecule has 1 heterocycles. The highest BCUT2D eigenvalue weighted by molar-refractivity contribution is 9.10. The molecule has 1 aromatic heterocycles. The van der Waals surface area contributed by atoms with E-state index in [0.717, 1.165) is 11.5 Å². The van der Waals surface area contributed by atoms with Crippen molar-refractivity contribution in [3.8, 4) is 5.75 Å². The summed E-state index contributed by atoms with van der Waals surface area (Å²) in [4.78, 5) is 23.1. The molecule has 2 aromatic rings. The van der Waals surface area contributed by atoms with E-state index in [1.807, 2.05) is 0 Å². The van der Waals surface area contributed by atoms with Gasteiger partial charge in [-0.1, -0.05) is 0 Å². The smallest absolute Gasteiger partial charge is 0.340 e. The third-order valence-electron chi connectivity index (χ3n) is 2.51. The van der Waals surface area contributed by atoms with E-state index in [1.165, 1.54) is 18.2 Å². The Hall–Kier alpha value is -1.93. The molecule has 0 aliphatic heterocycles. The second-order valence-corrected chi connectivity index (χ2v) is 5.53. The number of hydrogen-bond acceptors (Lipinski definition) is 5. The number of aromatic nitrogens is 1. The van der Waals surface area contributed by atoms with Crippen LogP contribution in [0, 0.1) is 6.92 Å². The highest BCUT2D eigenvalue weighted by Gasteiger charge is 2.20. The fourth-order valence-corrected chi connectivity index (χ4v) is 2.57. The molecule has 0 atom stereocenters. The maximum Gasteiger partial charge on any atom is 0.340 e. The number of aromatic hydroxyl groups is 1. The van der Waals surface area contributed by atoms with E-state index in [4.69, 9.17) is 5.11 Å². The second-order valence-electron chi connectivity index (χ2n) is 3.90. The lowest BCUT2D eigenvalue weighted by molar-refractivity contribution is 0.0697. The number of nitrogens with zero attached hydrogens (tertiary/aromatic N) is 1. The number of carbonyl (C=O) groups is 2. The van der Waals surface area contributed by atoms with Crippen molar-refractivity contribution in [3.05, 3.63) is 39.5 Å². The number of nitrogens with one attached hydrogen (secondary N) is 1. The maximum atomic E-state index is 12.0. The van der Waals surface area contributed by atoms with Gasteiger partial charge in [-0.15, -0.1) is 0 Å². The molecule has 0 aliphatic carbocycles. The van der Waals surface area contributed by atoms with Crippen molar-refractivity contribution in [2.75, 3.05) is 5.32 Å². The van der Waals surface area contributed by atoms with E-state index < -0.39 is 11.9 Å². The van der Waals surface area contributed by atoms with Crippen molar-refractivity contribution in [1.82, 2.24) is 4.37 Å². The zero-order valence-electron chi connectivity index (χ0n) is 10.2. The van der Waals surface area contributed by atoms with Crippen LogP contribution < -0.4 is 5.32 Å². The molecular formula is C12H9BrN2O4S. The largest absolute Gasteiger partial charge is 0.507 e. The predicted molar refractivity (Wildman–Crippen MR) is 77.6 cm³/mol. The van der Waals surface area contributed by atoms with E-state index in [1.54, 1.807) is 6.92 Å². The number of phenolic OH excluding ortho intramolecular Hbond substituents is 1. The van der Waals surface area contributed by atoms with E-state index in [-0.39, 0.29) is 21.9 Å². The van der Waals surface area contributed by atoms with Gasteiger partial charge in [0.2, 0.25) is 0 Å². The Balaban J connectivity index is 2.28. The number of halogens is 1. The summed E-state index contributed by atoms with van der Waals surface area (Å²) in [5.74, 6) is -1.74. The average Bonchev–Trinajstić information content (AvgIpc) is 2.73. The number of phenols is 1. The van der Waals surface area contributed by atoms with Crippen LogP contribution in [-0.2, 0) is 0 Å². The van der Waals surface area contributed by atoms with E-state index in [0.29, 0.717) is 10.2 Å². The summed E-state index contributed by atoms with van der Waals surface area (Å²) in [5, 5.41) is 21.3. The fraction of sp³-hybridized carbons (Fsp3) is 0.0833. The topological polar surface area (TPSA) is 99.5 Å². The molecule has 8 heteroatoms. The number of carbonyl (C=O) groups excluding carboxylic acids is 1. The number of amides is 1. The Labute approximate surface area is 126 Å². The molecule has 0 fully saturated rings. The summed E-state index contributed by atoms with van der Waals surface area (Å²) in [5.41, 5.74) is 0.536. The lowest BCUT2D eigenvalue weighted by Crippen LogP contribution is -2.13. The van der Waals surface area contributed by atoms with E-state index in [9.17, 15) is 14.7 Å². The lowest BCUT2D eigenvalue weighted by Gasteiger charge is -2.05. The molecule has 0 saturated carbocycles. The number of carboxylic acid groups (broad SMARTS) is 1. The first-order valence-corrected chi connectivity index (χ1v) is 6.96. The number of hydrogen-bond donors (Lipinski definition) is 3. The first-order chi connectivity index (χ1) is 9.40. The Morgan fingerprint density at radius 2 is 2.10 bits per heavy atom. The Kier molecular flexibility index (Phi) is 4.05. The zero-order chi connectivity index (χ0) is 14.9. The average molecular weight is 357 g/mol. The van der Waals surface area contributed by atoms with E-state index in [2.05, 4.69) is 25.6 Å². The standard InChI is InChI=1S/C12H9BrN2O4S/c1-5-9(12(18)19)11(20-15-5)14-10(17)6-2-3-7(13)8(16)4-6/h2-4,16H,1H3,(H,14,17)(H,18,19). The molecule has 20 heavy (non-hydrogen) atoms. The first-order valence-electron chi connectivity index (χ1n) is 5.39. The van der Waals surface area contributed by atoms with Crippen LogP contribution in [0.2, 0.25) is 0 Å². The van der Waals surface area contributed by atoms with Gasteiger partial charge in [-0.3, -0.25) is 4.79 Å². The molecule has 0 radical (unpaired) electrons. The minimum Gasteiger partial charge on any atom is -0.507 e. The molecule has 2 rings (SSSR count). The highest BCUT2D eigenvalue weighted by atomic mass is 79.9. The Morgan fingerprint density at radius 1 is 1.40 bits per heavy atom. The third-order valence-corrected chi connectivity index (χ3v) is 4.04. The minimum atomic E-state index is -1.15. The maximum absolute atomic E-state index is 12.0. The van der Waals surface area contributed by atoms with Gasteiger partial charge in [0.25, 0.3) is 5.91 Å². The SMILES string of the molecule is Cc1nsc(NC(=O)c2ccc(Br)c(O)c2)c1C(=O)O. The fourth-order valence-electron chi connectivity index (χ4n) is 1.54. The third kappa shape index (κ3) is 2.81. The molecule has 0 saturated heterocycles. The predicted octanol–water partition coefficient (Wildman–Crippen LogP) is 2.87. The molecule has 0 unspecified atom stereocenters. The van der Waals surface area contributed by atoms with Crippen LogP contribution in [0.1, 0.15) is 26.4 Å². The minimum absolute atomic E-state index is 0.0234. The van der Waals surface area contributed by atoms with Gasteiger partial charge in [0, 0.05) is 5.56 Å². The summed E-state index contributed by atoms with van der Waals surface area (Å²) in [6.45, 7) is 1.56. The molecule has 104 valence electrons. The number of aryl methyl sites for hydroxylation is 1. The van der Waals surface area contributed by atoms with Gasteiger partial charge >= 0.3 is 5.97 Å². The Bertz CT molecular complexity index is 699. The van der Waals surface area contributed by atoms with Crippen molar-refractivity contribution < 1.29 is 19.8 Å². The van der Waals surface area contributed by atoms with E-state index >= 15 is 0 Å². The number of carboxylic acids is 1. The molecule has 3 N–H and O–H groups in total. The number of anilines is 1. The van der Waals surface area contributed by atoms with Crippen molar-refractivity contribution >= 4 is 44.3 Å². The monoisotopic (exact) mass is 356 g/mol. The van der Waals surface area contributed by atoms with Crippen molar-refractivity contribution in [1.29, 1.82) is 0 Å². The normalized spacial score (nSPS) is 10.3. The van der Waals surface area contributed by atoms with Crippen LogP contribution in [-0.4, -0.2) is 26.5 Å². The van der Waals surface area contributed by atoms with Crippen LogP contribution in [0.25, 0.3) is 0 Å². The van der Waals surface area contributed by atoms with Crippen molar-refractivity contribution in [3.63, 3.8) is 0 Å². The summed E-state index contributed by atoms with van der Waals surface area (Å²) >= 11 is 4.01.